The highest BCUT2D eigenvalue weighted by atomic mass is 16.1. The van der Waals surface area contributed by atoms with Crippen molar-refractivity contribution < 1.29 is 4.79 Å². The zero-order valence-electron chi connectivity index (χ0n) is 13.8. The van der Waals surface area contributed by atoms with Gasteiger partial charge in [-0.25, -0.2) is 0 Å². The van der Waals surface area contributed by atoms with Gasteiger partial charge in [-0.05, 0) is 38.0 Å². The standard InChI is InChI=1S/C20H19N3O/c1-20(2)12-14-8-6-7-11-16(14)18(23-20)17(13-21)19(24)22-15-9-4-3-5-10-15/h3-11,23H,12H2,1-2H3,(H,22,24)/b18-17+. The van der Waals surface area contributed by atoms with E-state index in [2.05, 4.69) is 30.6 Å². The molecule has 0 atom stereocenters. The van der Waals surface area contributed by atoms with E-state index in [1.54, 1.807) is 12.1 Å². The van der Waals surface area contributed by atoms with Gasteiger partial charge in [0.2, 0.25) is 0 Å². The lowest BCUT2D eigenvalue weighted by Crippen LogP contribution is -2.44. The van der Waals surface area contributed by atoms with Gasteiger partial charge in [0.25, 0.3) is 5.91 Å². The normalized spacial score (nSPS) is 17.0. The number of benzene rings is 2. The van der Waals surface area contributed by atoms with Crippen molar-refractivity contribution in [1.82, 2.24) is 5.32 Å². The summed E-state index contributed by atoms with van der Waals surface area (Å²) in [6, 6.07) is 19.1. The van der Waals surface area contributed by atoms with E-state index in [1.165, 1.54) is 0 Å². The maximum absolute atomic E-state index is 12.6. The van der Waals surface area contributed by atoms with Crippen molar-refractivity contribution in [2.24, 2.45) is 0 Å². The number of para-hydroxylation sites is 1. The van der Waals surface area contributed by atoms with E-state index < -0.39 is 5.91 Å². The van der Waals surface area contributed by atoms with Crippen LogP contribution in [0.25, 0.3) is 5.70 Å². The number of nitriles is 1. The van der Waals surface area contributed by atoms with Gasteiger partial charge in [-0.2, -0.15) is 5.26 Å². The predicted octanol–water partition coefficient (Wildman–Crippen LogP) is 3.48. The monoisotopic (exact) mass is 317 g/mol. The Kier molecular flexibility index (Phi) is 4.09. The van der Waals surface area contributed by atoms with Crippen LogP contribution < -0.4 is 10.6 Å². The third-order valence-corrected chi connectivity index (χ3v) is 4.00. The summed E-state index contributed by atoms with van der Waals surface area (Å²) in [7, 11) is 0. The van der Waals surface area contributed by atoms with Gasteiger partial charge in [0, 0.05) is 16.8 Å². The molecule has 1 aliphatic rings. The fourth-order valence-electron chi connectivity index (χ4n) is 2.98. The highest BCUT2D eigenvalue weighted by Gasteiger charge is 2.30. The van der Waals surface area contributed by atoms with Gasteiger partial charge < -0.3 is 10.6 Å². The van der Waals surface area contributed by atoms with E-state index >= 15 is 0 Å². The number of hydrogen-bond donors (Lipinski definition) is 2. The van der Waals surface area contributed by atoms with Crippen LogP contribution in [-0.2, 0) is 11.2 Å². The van der Waals surface area contributed by atoms with Gasteiger partial charge in [-0.1, -0.05) is 42.5 Å². The van der Waals surface area contributed by atoms with Crippen LogP contribution in [0.15, 0.2) is 60.2 Å². The third kappa shape index (κ3) is 3.16. The summed E-state index contributed by atoms with van der Waals surface area (Å²) in [5.41, 5.74) is 3.18. The first kappa shape index (κ1) is 15.8. The van der Waals surface area contributed by atoms with Crippen LogP contribution in [0.5, 0.6) is 0 Å². The lowest BCUT2D eigenvalue weighted by atomic mass is 9.84. The molecule has 2 aromatic carbocycles. The molecule has 0 unspecified atom stereocenters. The summed E-state index contributed by atoms with van der Waals surface area (Å²) >= 11 is 0. The minimum atomic E-state index is -0.404. The van der Waals surface area contributed by atoms with Crippen molar-refractivity contribution in [2.45, 2.75) is 25.8 Å². The van der Waals surface area contributed by atoms with Gasteiger partial charge in [-0.15, -0.1) is 0 Å². The van der Waals surface area contributed by atoms with Gasteiger partial charge in [-0.3, -0.25) is 4.79 Å². The van der Waals surface area contributed by atoms with Gasteiger partial charge in [0.1, 0.15) is 11.6 Å². The van der Waals surface area contributed by atoms with Crippen LogP contribution in [0.3, 0.4) is 0 Å². The van der Waals surface area contributed by atoms with Crippen LogP contribution >= 0.6 is 0 Å². The Morgan fingerprint density at radius 2 is 1.79 bits per heavy atom. The van der Waals surface area contributed by atoms with Crippen molar-refractivity contribution in [3.05, 3.63) is 71.3 Å². The Morgan fingerprint density at radius 3 is 2.50 bits per heavy atom. The molecule has 120 valence electrons. The molecule has 1 amide bonds. The Morgan fingerprint density at radius 1 is 1.12 bits per heavy atom. The molecule has 2 aromatic rings. The molecule has 0 spiro atoms. The summed E-state index contributed by atoms with van der Waals surface area (Å²) in [4.78, 5) is 12.6. The minimum Gasteiger partial charge on any atom is -0.378 e. The number of amides is 1. The zero-order chi connectivity index (χ0) is 17.2. The second-order valence-corrected chi connectivity index (χ2v) is 6.52. The summed E-state index contributed by atoms with van der Waals surface area (Å²) < 4.78 is 0. The Labute approximate surface area is 141 Å². The average molecular weight is 317 g/mol. The highest BCUT2D eigenvalue weighted by molar-refractivity contribution is 6.12. The molecule has 0 aliphatic carbocycles. The summed E-state index contributed by atoms with van der Waals surface area (Å²) in [5, 5.41) is 15.8. The molecule has 2 N–H and O–H groups in total. The number of rotatable bonds is 2. The second kappa shape index (κ2) is 6.21. The molecule has 4 heteroatoms. The number of anilines is 1. The SMILES string of the molecule is CC1(C)Cc2ccccc2/C(=C(/C#N)C(=O)Nc2ccccc2)N1. The first-order valence-corrected chi connectivity index (χ1v) is 7.87. The van der Waals surface area contributed by atoms with Crippen molar-refractivity contribution in [1.29, 1.82) is 5.26 Å². The van der Waals surface area contributed by atoms with E-state index in [9.17, 15) is 10.1 Å². The van der Waals surface area contributed by atoms with E-state index in [1.807, 2.05) is 42.5 Å². The topological polar surface area (TPSA) is 64.9 Å². The molecule has 3 rings (SSSR count). The largest absolute Gasteiger partial charge is 0.378 e. The Bertz CT molecular complexity index is 845. The number of carbonyl (C=O) groups excluding carboxylic acids is 1. The fraction of sp³-hybridized carbons (Fsp3) is 0.200. The van der Waals surface area contributed by atoms with Crippen LogP contribution in [-0.4, -0.2) is 11.4 Å². The van der Waals surface area contributed by atoms with Crippen LogP contribution in [0.1, 0.15) is 25.0 Å². The fourth-order valence-corrected chi connectivity index (χ4v) is 2.98. The lowest BCUT2D eigenvalue weighted by molar-refractivity contribution is -0.112. The van der Waals surface area contributed by atoms with Crippen LogP contribution in [0.2, 0.25) is 0 Å². The van der Waals surface area contributed by atoms with Crippen molar-refractivity contribution >= 4 is 17.3 Å². The number of carbonyl (C=O) groups is 1. The molecular formula is C20H19N3O. The van der Waals surface area contributed by atoms with E-state index in [-0.39, 0.29) is 11.1 Å². The number of nitrogens with zero attached hydrogens (tertiary/aromatic N) is 1. The molecule has 0 fully saturated rings. The molecule has 4 nitrogen and oxygen atoms in total. The van der Waals surface area contributed by atoms with E-state index in [0.717, 1.165) is 17.5 Å². The van der Waals surface area contributed by atoms with Crippen molar-refractivity contribution in [3.8, 4) is 6.07 Å². The van der Waals surface area contributed by atoms with E-state index in [4.69, 9.17) is 0 Å². The van der Waals surface area contributed by atoms with Gasteiger partial charge in [0.15, 0.2) is 0 Å². The molecule has 1 heterocycles. The lowest BCUT2D eigenvalue weighted by Gasteiger charge is -2.36. The average Bonchev–Trinajstić information content (AvgIpc) is 2.55. The molecule has 0 saturated carbocycles. The molecule has 0 radical (unpaired) electrons. The van der Waals surface area contributed by atoms with Crippen molar-refractivity contribution in [2.75, 3.05) is 5.32 Å². The highest BCUT2D eigenvalue weighted by Crippen LogP contribution is 2.31. The first-order chi connectivity index (χ1) is 11.5. The second-order valence-electron chi connectivity index (χ2n) is 6.52. The van der Waals surface area contributed by atoms with E-state index in [0.29, 0.717) is 11.4 Å². The van der Waals surface area contributed by atoms with Gasteiger partial charge in [0.05, 0.1) is 5.70 Å². The number of hydrogen-bond acceptors (Lipinski definition) is 3. The molecule has 0 saturated heterocycles. The molecular weight excluding hydrogens is 298 g/mol. The molecule has 1 aliphatic heterocycles. The summed E-state index contributed by atoms with van der Waals surface area (Å²) in [6.45, 7) is 4.13. The first-order valence-electron chi connectivity index (χ1n) is 7.87. The summed E-state index contributed by atoms with van der Waals surface area (Å²) in [5.74, 6) is -0.404. The number of fused-ring (bicyclic) bond motifs is 1. The smallest absolute Gasteiger partial charge is 0.268 e. The summed E-state index contributed by atoms with van der Waals surface area (Å²) in [6.07, 6.45) is 0.839. The number of nitrogens with one attached hydrogen (secondary N) is 2. The minimum absolute atomic E-state index is 0.0964. The van der Waals surface area contributed by atoms with Crippen LogP contribution in [0.4, 0.5) is 5.69 Å². The maximum Gasteiger partial charge on any atom is 0.268 e. The molecule has 0 aromatic heterocycles. The predicted molar refractivity (Wildman–Crippen MR) is 95.0 cm³/mol. The molecule has 0 bridgehead atoms. The zero-order valence-corrected chi connectivity index (χ0v) is 13.8. The quantitative estimate of drug-likeness (QED) is 0.658. The maximum atomic E-state index is 12.6. The molecule has 24 heavy (non-hydrogen) atoms. The Hall–Kier alpha value is -3.06. The third-order valence-electron chi connectivity index (χ3n) is 4.00. The Balaban J connectivity index is 2.04. The van der Waals surface area contributed by atoms with Crippen LogP contribution in [0, 0.1) is 11.3 Å². The van der Waals surface area contributed by atoms with Gasteiger partial charge >= 0.3 is 0 Å². The van der Waals surface area contributed by atoms with Crippen molar-refractivity contribution in [3.63, 3.8) is 0 Å².